The number of rotatable bonds is 4. The van der Waals surface area contributed by atoms with Crippen LogP contribution in [0.3, 0.4) is 0 Å². The van der Waals surface area contributed by atoms with Gasteiger partial charge in [0.15, 0.2) is 0 Å². The number of carbonyl (C=O) groups excluding carboxylic acids is 1. The van der Waals surface area contributed by atoms with Crippen LogP contribution in [0.15, 0.2) is 14.3 Å². The van der Waals surface area contributed by atoms with E-state index in [0.29, 0.717) is 18.0 Å². The molecule has 0 radical (unpaired) electrons. The molecule has 0 atom stereocenters. The third-order valence-electron chi connectivity index (χ3n) is 1.46. The molecule has 1 amide bonds. The van der Waals surface area contributed by atoms with Gasteiger partial charge in [0.2, 0.25) is 0 Å². The quantitative estimate of drug-likeness (QED) is 0.854. The van der Waals surface area contributed by atoms with E-state index in [1.807, 2.05) is 0 Å². The topological polar surface area (TPSA) is 38.3 Å². The van der Waals surface area contributed by atoms with Gasteiger partial charge in [0, 0.05) is 18.1 Å². The van der Waals surface area contributed by atoms with Crippen LogP contribution in [-0.2, 0) is 4.74 Å². The molecule has 14 heavy (non-hydrogen) atoms. The number of hydrogen-bond acceptors (Lipinski definition) is 3. The van der Waals surface area contributed by atoms with Gasteiger partial charge < -0.3 is 10.1 Å². The summed E-state index contributed by atoms with van der Waals surface area (Å²) in [7, 11) is 1.60. The molecule has 1 rings (SSSR count). The van der Waals surface area contributed by atoms with E-state index < -0.39 is 0 Å². The molecule has 78 valence electrons. The van der Waals surface area contributed by atoms with E-state index in [2.05, 4.69) is 37.2 Å². The highest BCUT2D eigenvalue weighted by Gasteiger charge is 2.10. The van der Waals surface area contributed by atoms with Crippen molar-refractivity contribution in [3.8, 4) is 0 Å². The molecule has 0 spiro atoms. The average Bonchev–Trinajstić information content (AvgIpc) is 2.47. The fourth-order valence-electron chi connectivity index (χ4n) is 0.812. The molecule has 0 aliphatic carbocycles. The van der Waals surface area contributed by atoms with E-state index in [9.17, 15) is 4.79 Å². The van der Waals surface area contributed by atoms with Crippen LogP contribution in [0.25, 0.3) is 0 Å². The van der Waals surface area contributed by atoms with E-state index in [1.54, 1.807) is 13.2 Å². The van der Waals surface area contributed by atoms with Crippen LogP contribution in [0.4, 0.5) is 0 Å². The number of hydrogen-bond donors (Lipinski definition) is 1. The Bertz CT molecular complexity index is 308. The molecule has 0 saturated heterocycles. The number of amides is 1. The smallest absolute Gasteiger partial charge is 0.261 e. The van der Waals surface area contributed by atoms with Crippen LogP contribution in [-0.4, -0.2) is 26.2 Å². The van der Waals surface area contributed by atoms with Crippen LogP contribution >= 0.6 is 43.2 Å². The van der Waals surface area contributed by atoms with Gasteiger partial charge in [-0.15, -0.1) is 11.3 Å². The minimum absolute atomic E-state index is 0.0709. The average molecular weight is 343 g/mol. The number of thiophene rings is 1. The molecule has 1 heterocycles. The predicted molar refractivity (Wildman–Crippen MR) is 63.9 cm³/mol. The number of halogens is 2. The number of methoxy groups -OCH3 is 1. The van der Waals surface area contributed by atoms with Crippen molar-refractivity contribution in [3.63, 3.8) is 0 Å². The second kappa shape index (κ2) is 5.85. The lowest BCUT2D eigenvalue weighted by atomic mass is 10.4. The first-order valence-corrected chi connectivity index (χ1v) is 6.27. The van der Waals surface area contributed by atoms with E-state index in [1.165, 1.54) is 11.3 Å². The van der Waals surface area contributed by atoms with Gasteiger partial charge in [0.05, 0.1) is 15.3 Å². The number of carbonyl (C=O) groups is 1. The van der Waals surface area contributed by atoms with Gasteiger partial charge in [-0.25, -0.2) is 0 Å². The first kappa shape index (κ1) is 12.2. The Labute approximate surface area is 103 Å². The van der Waals surface area contributed by atoms with Crippen LogP contribution in [0.5, 0.6) is 0 Å². The Morgan fingerprint density at radius 1 is 1.64 bits per heavy atom. The molecule has 0 bridgehead atoms. The molecular formula is C8H9Br2NO2S. The van der Waals surface area contributed by atoms with Crippen LogP contribution < -0.4 is 5.32 Å². The van der Waals surface area contributed by atoms with Crippen molar-refractivity contribution >= 4 is 49.1 Å². The normalized spacial score (nSPS) is 10.2. The fraction of sp³-hybridized carbons (Fsp3) is 0.375. The van der Waals surface area contributed by atoms with Gasteiger partial charge in [0.25, 0.3) is 5.91 Å². The highest BCUT2D eigenvalue weighted by atomic mass is 79.9. The molecule has 1 aromatic rings. The van der Waals surface area contributed by atoms with E-state index in [4.69, 9.17) is 4.74 Å². The maximum Gasteiger partial charge on any atom is 0.261 e. The summed E-state index contributed by atoms with van der Waals surface area (Å²) in [6.45, 7) is 1.06. The van der Waals surface area contributed by atoms with Crippen molar-refractivity contribution in [2.24, 2.45) is 0 Å². The summed E-state index contributed by atoms with van der Waals surface area (Å²) in [5.41, 5.74) is 0. The minimum atomic E-state index is -0.0709. The summed E-state index contributed by atoms with van der Waals surface area (Å²) in [6, 6.07) is 1.79. The van der Waals surface area contributed by atoms with Gasteiger partial charge in [-0.2, -0.15) is 0 Å². The zero-order valence-corrected chi connectivity index (χ0v) is 11.5. The number of ether oxygens (including phenoxy) is 1. The third-order valence-corrected chi connectivity index (χ3v) is 4.72. The Morgan fingerprint density at radius 3 is 2.86 bits per heavy atom. The van der Waals surface area contributed by atoms with Gasteiger partial charge in [-0.1, -0.05) is 0 Å². The van der Waals surface area contributed by atoms with Gasteiger partial charge in [-0.3, -0.25) is 4.79 Å². The molecule has 1 aromatic heterocycles. The van der Waals surface area contributed by atoms with Crippen molar-refractivity contribution < 1.29 is 9.53 Å². The molecule has 0 aliphatic heterocycles. The van der Waals surface area contributed by atoms with Gasteiger partial charge in [0.1, 0.15) is 0 Å². The van der Waals surface area contributed by atoms with Crippen molar-refractivity contribution in [3.05, 3.63) is 19.2 Å². The van der Waals surface area contributed by atoms with E-state index in [-0.39, 0.29) is 5.91 Å². The van der Waals surface area contributed by atoms with E-state index >= 15 is 0 Å². The lowest BCUT2D eigenvalue weighted by molar-refractivity contribution is 0.0941. The molecule has 0 aliphatic rings. The molecular weight excluding hydrogens is 334 g/mol. The Morgan fingerprint density at radius 2 is 2.36 bits per heavy atom. The maximum absolute atomic E-state index is 11.5. The molecule has 0 saturated carbocycles. The molecule has 0 unspecified atom stereocenters. The highest BCUT2D eigenvalue weighted by molar-refractivity contribution is 9.13. The summed E-state index contributed by atoms with van der Waals surface area (Å²) in [5.74, 6) is -0.0709. The highest BCUT2D eigenvalue weighted by Crippen LogP contribution is 2.32. The second-order valence-electron chi connectivity index (χ2n) is 2.48. The largest absolute Gasteiger partial charge is 0.383 e. The molecule has 1 N–H and O–H groups in total. The Hall–Kier alpha value is 0.0900. The zero-order valence-electron chi connectivity index (χ0n) is 7.47. The second-order valence-corrected chi connectivity index (χ2v) is 5.71. The van der Waals surface area contributed by atoms with Crippen molar-refractivity contribution in [1.29, 1.82) is 0 Å². The van der Waals surface area contributed by atoms with Crippen molar-refractivity contribution in [1.82, 2.24) is 5.32 Å². The first-order chi connectivity index (χ1) is 6.65. The third kappa shape index (κ3) is 3.34. The molecule has 3 nitrogen and oxygen atoms in total. The first-order valence-electron chi connectivity index (χ1n) is 3.87. The van der Waals surface area contributed by atoms with Crippen LogP contribution in [0.1, 0.15) is 9.67 Å². The van der Waals surface area contributed by atoms with Gasteiger partial charge >= 0.3 is 0 Å². The standard InChI is InChI=1S/C8H9Br2NO2S/c1-13-3-2-11-8(12)6-4-5(9)7(10)14-6/h4H,2-3H2,1H3,(H,11,12). The van der Waals surface area contributed by atoms with E-state index in [0.717, 1.165) is 8.26 Å². The van der Waals surface area contributed by atoms with Crippen LogP contribution in [0, 0.1) is 0 Å². The lowest BCUT2D eigenvalue weighted by Crippen LogP contribution is -2.26. The Kier molecular flexibility index (Phi) is 5.08. The summed E-state index contributed by atoms with van der Waals surface area (Å²) in [5, 5.41) is 2.75. The maximum atomic E-state index is 11.5. The molecule has 0 fully saturated rings. The fourth-order valence-corrected chi connectivity index (χ4v) is 2.76. The monoisotopic (exact) mass is 341 g/mol. The predicted octanol–water partition coefficient (Wildman–Crippen LogP) is 2.65. The minimum Gasteiger partial charge on any atom is -0.383 e. The summed E-state index contributed by atoms with van der Waals surface area (Å²) >= 11 is 8.06. The Balaban J connectivity index is 2.52. The van der Waals surface area contributed by atoms with Crippen LogP contribution in [0.2, 0.25) is 0 Å². The molecule has 6 heteroatoms. The number of nitrogens with one attached hydrogen (secondary N) is 1. The summed E-state index contributed by atoms with van der Waals surface area (Å²) in [6.07, 6.45) is 0. The van der Waals surface area contributed by atoms with Crippen molar-refractivity contribution in [2.45, 2.75) is 0 Å². The van der Waals surface area contributed by atoms with Gasteiger partial charge in [-0.05, 0) is 37.9 Å². The zero-order chi connectivity index (χ0) is 10.6. The lowest BCUT2D eigenvalue weighted by Gasteiger charge is -2.01. The van der Waals surface area contributed by atoms with Crippen molar-refractivity contribution in [2.75, 3.05) is 20.3 Å². The summed E-state index contributed by atoms with van der Waals surface area (Å²) in [4.78, 5) is 12.2. The molecule has 0 aromatic carbocycles. The summed E-state index contributed by atoms with van der Waals surface area (Å²) < 4.78 is 6.65. The SMILES string of the molecule is COCCNC(=O)c1cc(Br)c(Br)s1.